The first kappa shape index (κ1) is 15.4. The summed E-state index contributed by atoms with van der Waals surface area (Å²) in [5.74, 6) is 0.651. The van der Waals surface area contributed by atoms with Crippen LogP contribution >= 0.6 is 0 Å². The van der Waals surface area contributed by atoms with Crippen molar-refractivity contribution in [2.45, 2.75) is 52.7 Å². The van der Waals surface area contributed by atoms with Crippen molar-refractivity contribution < 1.29 is 9.53 Å². The fraction of sp³-hybridized carbons (Fsp3) is 0.929. The first-order chi connectivity index (χ1) is 8.54. The molecule has 0 spiro atoms. The van der Waals surface area contributed by atoms with Crippen molar-refractivity contribution in [3.63, 3.8) is 0 Å². The van der Waals surface area contributed by atoms with E-state index in [4.69, 9.17) is 4.74 Å². The lowest BCUT2D eigenvalue weighted by molar-refractivity contribution is -0.139. The van der Waals surface area contributed by atoms with Crippen LogP contribution in [0, 0.1) is 5.92 Å². The number of nitrogens with one attached hydrogen (secondary N) is 1. The fourth-order valence-electron chi connectivity index (χ4n) is 2.33. The molecule has 0 aromatic heterocycles. The first-order valence-corrected chi connectivity index (χ1v) is 7.17. The highest BCUT2D eigenvalue weighted by Gasteiger charge is 2.28. The number of carbonyl (C=O) groups excluding carboxylic acids is 1. The molecule has 1 heterocycles. The van der Waals surface area contributed by atoms with E-state index in [1.54, 1.807) is 0 Å². The average Bonchev–Trinajstić information content (AvgIpc) is 2.34. The molecule has 0 saturated carbocycles. The number of hydrogen-bond acceptors (Lipinski definition) is 3. The van der Waals surface area contributed by atoms with Gasteiger partial charge in [0.1, 0.15) is 6.61 Å². The first-order valence-electron chi connectivity index (χ1n) is 7.17. The summed E-state index contributed by atoms with van der Waals surface area (Å²) in [4.78, 5) is 13.9. The molecule has 1 fully saturated rings. The van der Waals surface area contributed by atoms with Gasteiger partial charge in [0.05, 0.1) is 6.10 Å². The average molecular weight is 256 g/mol. The van der Waals surface area contributed by atoms with Gasteiger partial charge in [0, 0.05) is 19.1 Å². The Morgan fingerprint density at radius 1 is 1.50 bits per heavy atom. The molecule has 2 atom stereocenters. The molecule has 0 aromatic carbocycles. The normalized spacial score (nSPS) is 24.6. The molecule has 0 aliphatic carbocycles. The maximum absolute atomic E-state index is 11.9. The molecule has 1 aliphatic heterocycles. The van der Waals surface area contributed by atoms with Crippen LogP contribution in [-0.4, -0.2) is 49.2 Å². The molecule has 2 unspecified atom stereocenters. The third-order valence-electron chi connectivity index (χ3n) is 3.45. The number of piperidine rings is 1. The van der Waals surface area contributed by atoms with E-state index in [2.05, 4.69) is 19.2 Å². The standard InChI is InChI=1S/C14H28N2O2/c1-5-7-15-13-6-8-16(9-12(13)4)14(17)10-18-11(2)3/h11-13,15H,5-10H2,1-4H3. The number of amides is 1. The lowest BCUT2D eigenvalue weighted by Gasteiger charge is -2.37. The van der Waals surface area contributed by atoms with Crippen molar-refractivity contribution in [1.82, 2.24) is 10.2 Å². The number of hydrogen-bond donors (Lipinski definition) is 1. The maximum Gasteiger partial charge on any atom is 0.248 e. The van der Waals surface area contributed by atoms with E-state index in [0.717, 1.165) is 32.5 Å². The van der Waals surface area contributed by atoms with Crippen molar-refractivity contribution in [2.75, 3.05) is 26.2 Å². The SMILES string of the molecule is CCCNC1CCN(C(=O)COC(C)C)CC1C. The Hall–Kier alpha value is -0.610. The van der Waals surface area contributed by atoms with E-state index in [-0.39, 0.29) is 18.6 Å². The number of carbonyl (C=O) groups is 1. The molecular weight excluding hydrogens is 228 g/mol. The summed E-state index contributed by atoms with van der Waals surface area (Å²) < 4.78 is 5.38. The Morgan fingerprint density at radius 3 is 2.78 bits per heavy atom. The van der Waals surface area contributed by atoms with Crippen molar-refractivity contribution in [3.05, 3.63) is 0 Å². The Bertz CT molecular complexity index is 256. The van der Waals surface area contributed by atoms with Crippen molar-refractivity contribution in [3.8, 4) is 0 Å². The van der Waals surface area contributed by atoms with Crippen LogP contribution in [0.2, 0.25) is 0 Å². The molecule has 1 aliphatic rings. The smallest absolute Gasteiger partial charge is 0.248 e. The van der Waals surface area contributed by atoms with Gasteiger partial charge in [-0.1, -0.05) is 13.8 Å². The molecule has 106 valence electrons. The van der Waals surface area contributed by atoms with Crippen molar-refractivity contribution >= 4 is 5.91 Å². The molecule has 0 bridgehead atoms. The predicted octanol–water partition coefficient (Wildman–Crippen LogP) is 1.65. The fourth-order valence-corrected chi connectivity index (χ4v) is 2.33. The van der Waals surface area contributed by atoms with Gasteiger partial charge < -0.3 is 15.0 Å². The zero-order valence-electron chi connectivity index (χ0n) is 12.2. The molecule has 1 amide bonds. The number of rotatable bonds is 6. The van der Waals surface area contributed by atoms with E-state index >= 15 is 0 Å². The Morgan fingerprint density at radius 2 is 2.22 bits per heavy atom. The predicted molar refractivity (Wildman–Crippen MR) is 73.5 cm³/mol. The van der Waals surface area contributed by atoms with E-state index in [9.17, 15) is 4.79 Å². The van der Waals surface area contributed by atoms with E-state index in [0.29, 0.717) is 12.0 Å². The number of likely N-dealkylation sites (tertiary alicyclic amines) is 1. The van der Waals surface area contributed by atoms with Gasteiger partial charge in [-0.05, 0) is 39.2 Å². The summed E-state index contributed by atoms with van der Waals surface area (Å²) in [6, 6.07) is 0.556. The molecule has 18 heavy (non-hydrogen) atoms. The van der Waals surface area contributed by atoms with Gasteiger partial charge in [-0.2, -0.15) is 0 Å². The van der Waals surface area contributed by atoms with Crippen LogP contribution in [0.15, 0.2) is 0 Å². The van der Waals surface area contributed by atoms with Crippen molar-refractivity contribution in [1.29, 1.82) is 0 Å². The van der Waals surface area contributed by atoms with Gasteiger partial charge >= 0.3 is 0 Å². The van der Waals surface area contributed by atoms with Crippen LogP contribution in [0.1, 0.15) is 40.5 Å². The van der Waals surface area contributed by atoms with Crippen LogP contribution in [0.5, 0.6) is 0 Å². The molecule has 1 saturated heterocycles. The van der Waals surface area contributed by atoms with Crippen LogP contribution < -0.4 is 5.32 Å². The molecular formula is C14H28N2O2. The van der Waals surface area contributed by atoms with E-state index < -0.39 is 0 Å². The Labute approximate surface area is 111 Å². The van der Waals surface area contributed by atoms with Crippen LogP contribution in [0.25, 0.3) is 0 Å². The minimum Gasteiger partial charge on any atom is -0.369 e. The lowest BCUT2D eigenvalue weighted by atomic mass is 9.93. The summed E-state index contributed by atoms with van der Waals surface area (Å²) in [7, 11) is 0. The van der Waals surface area contributed by atoms with Gasteiger partial charge in [0.2, 0.25) is 5.91 Å². The quantitative estimate of drug-likeness (QED) is 0.785. The highest BCUT2D eigenvalue weighted by molar-refractivity contribution is 5.77. The largest absolute Gasteiger partial charge is 0.369 e. The highest BCUT2D eigenvalue weighted by atomic mass is 16.5. The Kier molecular flexibility index (Phi) is 6.65. The second-order valence-corrected chi connectivity index (χ2v) is 5.53. The summed E-state index contributed by atoms with van der Waals surface area (Å²) in [5.41, 5.74) is 0. The van der Waals surface area contributed by atoms with Gasteiger partial charge in [-0.15, -0.1) is 0 Å². The second kappa shape index (κ2) is 7.74. The molecule has 1 rings (SSSR count). The minimum absolute atomic E-state index is 0.120. The third-order valence-corrected chi connectivity index (χ3v) is 3.45. The molecule has 1 N–H and O–H groups in total. The van der Waals surface area contributed by atoms with Gasteiger partial charge in [0.25, 0.3) is 0 Å². The van der Waals surface area contributed by atoms with Crippen molar-refractivity contribution in [2.24, 2.45) is 5.92 Å². The van der Waals surface area contributed by atoms with Crippen LogP contribution in [-0.2, 0) is 9.53 Å². The van der Waals surface area contributed by atoms with E-state index in [1.165, 1.54) is 0 Å². The zero-order valence-corrected chi connectivity index (χ0v) is 12.2. The second-order valence-electron chi connectivity index (χ2n) is 5.53. The third kappa shape index (κ3) is 4.94. The summed E-state index contributed by atoms with van der Waals surface area (Å²) >= 11 is 0. The van der Waals surface area contributed by atoms with Gasteiger partial charge in [-0.3, -0.25) is 4.79 Å². The lowest BCUT2D eigenvalue weighted by Crippen LogP contribution is -2.51. The number of nitrogens with zero attached hydrogens (tertiary/aromatic N) is 1. The van der Waals surface area contributed by atoms with Crippen LogP contribution in [0.4, 0.5) is 0 Å². The number of ether oxygens (including phenoxy) is 1. The van der Waals surface area contributed by atoms with Crippen LogP contribution in [0.3, 0.4) is 0 Å². The molecule has 0 radical (unpaired) electrons. The summed E-state index contributed by atoms with van der Waals surface area (Å²) in [5, 5.41) is 3.56. The van der Waals surface area contributed by atoms with Gasteiger partial charge in [0.15, 0.2) is 0 Å². The maximum atomic E-state index is 11.9. The topological polar surface area (TPSA) is 41.6 Å². The summed E-state index contributed by atoms with van der Waals surface area (Å²) in [6.45, 7) is 11.3. The highest BCUT2D eigenvalue weighted by Crippen LogP contribution is 2.17. The molecule has 4 heteroatoms. The molecule has 4 nitrogen and oxygen atoms in total. The molecule has 0 aromatic rings. The Balaban J connectivity index is 2.33. The monoisotopic (exact) mass is 256 g/mol. The van der Waals surface area contributed by atoms with Gasteiger partial charge in [-0.25, -0.2) is 0 Å². The minimum atomic E-state index is 0.120. The van der Waals surface area contributed by atoms with E-state index in [1.807, 2.05) is 18.7 Å². The summed E-state index contributed by atoms with van der Waals surface area (Å²) in [6.07, 6.45) is 2.33. The zero-order chi connectivity index (χ0) is 13.5.